The second-order valence-electron chi connectivity index (χ2n) is 8.28. The van der Waals surface area contributed by atoms with Crippen LogP contribution in [0.2, 0.25) is 10.0 Å². The topological polar surface area (TPSA) is 59.3 Å². The van der Waals surface area contributed by atoms with Crippen molar-refractivity contribution in [1.82, 2.24) is 5.32 Å². The highest BCUT2D eigenvalue weighted by molar-refractivity contribution is 6.32. The molecule has 0 aromatic heterocycles. The molecule has 32 heavy (non-hydrogen) atoms. The Hall–Kier alpha value is -2.82. The third-order valence-corrected chi connectivity index (χ3v) is 6.64. The van der Waals surface area contributed by atoms with Gasteiger partial charge in [0.2, 0.25) is 5.43 Å². The first-order valence-corrected chi connectivity index (χ1v) is 11.5. The van der Waals surface area contributed by atoms with Crippen LogP contribution in [0.15, 0.2) is 63.8 Å². The Morgan fingerprint density at radius 3 is 2.44 bits per heavy atom. The lowest BCUT2D eigenvalue weighted by Crippen LogP contribution is -2.36. The van der Waals surface area contributed by atoms with Crippen LogP contribution in [0.1, 0.15) is 42.5 Å². The molecule has 1 N–H and O–H groups in total. The van der Waals surface area contributed by atoms with Crippen LogP contribution in [0, 0.1) is 0 Å². The van der Waals surface area contributed by atoms with E-state index in [9.17, 15) is 9.59 Å². The molecule has 2 aromatic carbocycles. The molecular weight excluding hydrogens is 445 g/mol. The average Bonchev–Trinajstić information content (AvgIpc) is 2.79. The van der Waals surface area contributed by atoms with Gasteiger partial charge in [-0.15, -0.1) is 0 Å². The summed E-state index contributed by atoms with van der Waals surface area (Å²) < 4.78 is 5.96. The third-order valence-electron chi connectivity index (χ3n) is 6.11. The molecule has 0 unspecified atom stereocenters. The molecule has 1 aliphatic heterocycles. The smallest absolute Gasteiger partial charge is 0.251 e. The second-order valence-corrected chi connectivity index (χ2v) is 9.13. The van der Waals surface area contributed by atoms with Crippen LogP contribution in [0.3, 0.4) is 0 Å². The van der Waals surface area contributed by atoms with Crippen molar-refractivity contribution in [2.24, 2.45) is 0 Å². The predicted molar refractivity (Wildman–Crippen MR) is 129 cm³/mol. The van der Waals surface area contributed by atoms with E-state index in [0.29, 0.717) is 27.5 Å². The lowest BCUT2D eigenvalue weighted by atomic mass is 9.93. The fourth-order valence-corrected chi connectivity index (χ4v) is 4.82. The van der Waals surface area contributed by atoms with Gasteiger partial charge in [0.1, 0.15) is 11.3 Å². The van der Waals surface area contributed by atoms with Gasteiger partial charge >= 0.3 is 0 Å². The highest BCUT2D eigenvalue weighted by atomic mass is 35.5. The maximum absolute atomic E-state index is 12.7. The average molecular weight is 466 g/mol. The molecule has 6 heteroatoms. The Morgan fingerprint density at radius 1 is 0.938 bits per heavy atom. The van der Waals surface area contributed by atoms with Crippen LogP contribution >= 0.6 is 23.2 Å². The number of rotatable bonds is 3. The van der Waals surface area contributed by atoms with E-state index in [2.05, 4.69) is 5.32 Å². The van der Waals surface area contributed by atoms with Crippen LogP contribution in [0.5, 0.6) is 0 Å². The van der Waals surface area contributed by atoms with E-state index < -0.39 is 0 Å². The van der Waals surface area contributed by atoms with E-state index in [0.717, 1.165) is 29.4 Å². The minimum absolute atomic E-state index is 0.0525. The number of carbonyl (C=O) groups is 1. The molecule has 1 heterocycles. The summed E-state index contributed by atoms with van der Waals surface area (Å²) in [6.45, 7) is 0. The maximum atomic E-state index is 12.7. The van der Waals surface area contributed by atoms with Crippen molar-refractivity contribution in [1.29, 1.82) is 0 Å². The standard InChI is InChI=1S/C26H21Cl2NO3/c27-17-10-11-23-19(12-17)25(20-13-21(28)22(30)14-24(20)32-23)15-6-8-16(9-7-15)26(31)29-18-4-2-1-3-5-18/h6-14,18H,1-5H2,(H,29,31). The summed E-state index contributed by atoms with van der Waals surface area (Å²) in [7, 11) is 0. The van der Waals surface area contributed by atoms with Crippen molar-refractivity contribution < 1.29 is 9.21 Å². The van der Waals surface area contributed by atoms with Crippen LogP contribution in [0.4, 0.5) is 0 Å². The molecule has 0 bridgehead atoms. The van der Waals surface area contributed by atoms with Crippen molar-refractivity contribution in [3.05, 3.63) is 80.4 Å². The Morgan fingerprint density at radius 2 is 1.69 bits per heavy atom. The van der Waals surface area contributed by atoms with Crippen molar-refractivity contribution in [3.8, 4) is 22.5 Å². The Balaban J connectivity index is 1.58. The van der Waals surface area contributed by atoms with Gasteiger partial charge in [-0.25, -0.2) is 0 Å². The summed E-state index contributed by atoms with van der Waals surface area (Å²) >= 11 is 12.4. The van der Waals surface area contributed by atoms with E-state index >= 15 is 0 Å². The fraction of sp³-hybridized carbons (Fsp3) is 0.231. The molecule has 1 saturated carbocycles. The SMILES string of the molecule is O=C(NC1CCCCC1)c1ccc(-c2c3cc(Cl)c(=O)cc-3oc3ccc(Cl)cc23)cc1. The van der Waals surface area contributed by atoms with E-state index in [1.54, 1.807) is 18.2 Å². The molecule has 0 saturated heterocycles. The van der Waals surface area contributed by atoms with E-state index in [-0.39, 0.29) is 22.4 Å². The third kappa shape index (κ3) is 4.01. The molecule has 0 radical (unpaired) electrons. The molecule has 3 aliphatic rings. The largest absolute Gasteiger partial charge is 0.456 e. The summed E-state index contributed by atoms with van der Waals surface area (Å²) in [5.41, 5.74) is 3.37. The highest BCUT2D eigenvalue weighted by Gasteiger charge is 2.20. The molecule has 2 aromatic rings. The van der Waals surface area contributed by atoms with E-state index in [1.807, 2.05) is 30.3 Å². The van der Waals surface area contributed by atoms with Gasteiger partial charge in [0, 0.05) is 39.2 Å². The van der Waals surface area contributed by atoms with Crippen molar-refractivity contribution in [3.63, 3.8) is 0 Å². The highest BCUT2D eigenvalue weighted by Crippen LogP contribution is 2.41. The van der Waals surface area contributed by atoms with Crippen LogP contribution in [-0.2, 0) is 0 Å². The molecule has 0 spiro atoms. The molecule has 5 rings (SSSR count). The monoisotopic (exact) mass is 465 g/mol. The van der Waals surface area contributed by atoms with Crippen LogP contribution < -0.4 is 10.7 Å². The Kier molecular flexibility index (Phi) is 5.66. The summed E-state index contributed by atoms with van der Waals surface area (Å²) in [5, 5.41) is 4.65. The Bertz CT molecular complexity index is 1340. The summed E-state index contributed by atoms with van der Waals surface area (Å²) in [4.78, 5) is 24.8. The first-order valence-electron chi connectivity index (χ1n) is 10.8. The first kappa shape index (κ1) is 21.0. The normalized spacial score (nSPS) is 14.7. The quantitative estimate of drug-likeness (QED) is 0.333. The number of nitrogens with one attached hydrogen (secondary N) is 1. The number of benzene rings is 3. The van der Waals surface area contributed by atoms with Gasteiger partial charge in [-0.05, 0) is 54.8 Å². The lowest BCUT2D eigenvalue weighted by Gasteiger charge is -2.22. The van der Waals surface area contributed by atoms with Crippen molar-refractivity contribution >= 4 is 40.1 Å². The maximum Gasteiger partial charge on any atom is 0.251 e. The number of hydrogen-bond acceptors (Lipinski definition) is 3. The number of halogens is 2. The summed E-state index contributed by atoms with van der Waals surface area (Å²) in [5.74, 6) is 0.395. The van der Waals surface area contributed by atoms with Gasteiger partial charge in [-0.3, -0.25) is 9.59 Å². The van der Waals surface area contributed by atoms with Gasteiger partial charge in [-0.1, -0.05) is 54.6 Å². The lowest BCUT2D eigenvalue weighted by molar-refractivity contribution is 0.0927. The molecule has 2 aliphatic carbocycles. The number of carbonyl (C=O) groups excluding carboxylic acids is 1. The molecule has 162 valence electrons. The number of hydrogen-bond donors (Lipinski definition) is 1. The number of amides is 1. The van der Waals surface area contributed by atoms with Gasteiger partial charge in [-0.2, -0.15) is 0 Å². The zero-order valence-electron chi connectivity index (χ0n) is 17.3. The van der Waals surface area contributed by atoms with Crippen LogP contribution in [0.25, 0.3) is 33.4 Å². The summed E-state index contributed by atoms with van der Waals surface area (Å²) in [6, 6.07) is 16.1. The predicted octanol–water partition coefficient (Wildman–Crippen LogP) is 6.93. The van der Waals surface area contributed by atoms with Crippen molar-refractivity contribution in [2.75, 3.05) is 0 Å². The minimum Gasteiger partial charge on any atom is -0.456 e. The second kappa shape index (κ2) is 8.61. The van der Waals surface area contributed by atoms with Gasteiger partial charge in [0.05, 0.1) is 5.02 Å². The first-order chi connectivity index (χ1) is 15.5. The fourth-order valence-electron chi connectivity index (χ4n) is 4.48. The molecule has 1 amide bonds. The molecule has 4 nitrogen and oxygen atoms in total. The zero-order chi connectivity index (χ0) is 22.2. The van der Waals surface area contributed by atoms with Gasteiger partial charge in [0.15, 0.2) is 0 Å². The molecular formula is C26H21Cl2NO3. The van der Waals surface area contributed by atoms with E-state index in [4.69, 9.17) is 27.6 Å². The van der Waals surface area contributed by atoms with Gasteiger partial charge < -0.3 is 9.73 Å². The number of fused-ring (bicyclic) bond motifs is 2. The molecule has 1 fully saturated rings. The minimum atomic E-state index is -0.295. The molecule has 0 atom stereocenters. The van der Waals surface area contributed by atoms with E-state index in [1.165, 1.54) is 25.3 Å². The van der Waals surface area contributed by atoms with Gasteiger partial charge in [0.25, 0.3) is 5.91 Å². The zero-order valence-corrected chi connectivity index (χ0v) is 18.8. The van der Waals surface area contributed by atoms with Crippen LogP contribution in [-0.4, -0.2) is 11.9 Å². The summed E-state index contributed by atoms with van der Waals surface area (Å²) in [6.07, 6.45) is 5.66. The Labute approximate surface area is 195 Å². The van der Waals surface area contributed by atoms with Crippen molar-refractivity contribution in [2.45, 2.75) is 38.1 Å².